The summed E-state index contributed by atoms with van der Waals surface area (Å²) in [6, 6.07) is 6.55. The molecule has 1 N–H and O–H groups in total. The number of imidazole rings is 1. The Morgan fingerprint density at radius 1 is 1.11 bits per heavy atom. The molecule has 0 atom stereocenters. The van der Waals surface area contributed by atoms with Gasteiger partial charge in [-0.05, 0) is 12.1 Å². The van der Waals surface area contributed by atoms with Crippen LogP contribution in [0.3, 0.4) is 0 Å². The molecule has 2 aliphatic rings. The summed E-state index contributed by atoms with van der Waals surface area (Å²) in [6.07, 6.45) is 6.06. The van der Waals surface area contributed by atoms with Gasteiger partial charge in [-0.3, -0.25) is 19.1 Å². The number of fused-ring (bicyclic) bond motifs is 1. The molecule has 0 saturated carbocycles. The van der Waals surface area contributed by atoms with Crippen molar-refractivity contribution < 1.29 is 22.7 Å². The molecule has 1 aromatic carbocycles. The highest BCUT2D eigenvalue weighted by atomic mass is 32.2. The van der Waals surface area contributed by atoms with Crippen molar-refractivity contribution in [1.82, 2.24) is 24.2 Å². The molecule has 2 fully saturated rings. The maximum absolute atomic E-state index is 13.0. The van der Waals surface area contributed by atoms with Gasteiger partial charge in [-0.2, -0.15) is 0 Å². The van der Waals surface area contributed by atoms with Crippen molar-refractivity contribution in [2.24, 2.45) is 0 Å². The molecule has 12 heteroatoms. The Balaban J connectivity index is 1.27. The lowest BCUT2D eigenvalue weighted by atomic mass is 10.1. The number of hydrogen-bond donors (Lipinski definition) is 1. The SMILES string of the molecule is CS(=O)(=O)c1ccc(-c2nc3cnccn3c2NCC(=O)N2CCN(CC3OCCO3)CC2)cc1. The first-order valence-electron chi connectivity index (χ1n) is 11.5. The van der Waals surface area contributed by atoms with E-state index in [9.17, 15) is 13.2 Å². The fourth-order valence-electron chi connectivity index (χ4n) is 4.31. The number of anilines is 1. The molecule has 0 spiro atoms. The maximum atomic E-state index is 13.0. The third-order valence-corrected chi connectivity index (χ3v) is 7.34. The number of rotatable bonds is 7. The maximum Gasteiger partial charge on any atom is 0.242 e. The van der Waals surface area contributed by atoms with Crippen molar-refractivity contribution in [2.45, 2.75) is 11.2 Å². The number of piperazine rings is 1. The van der Waals surface area contributed by atoms with Gasteiger partial charge in [0.15, 0.2) is 21.8 Å². The molecule has 0 radical (unpaired) electrons. The second kappa shape index (κ2) is 9.90. The Morgan fingerprint density at radius 3 is 2.51 bits per heavy atom. The van der Waals surface area contributed by atoms with Crippen LogP contribution in [0.25, 0.3) is 16.9 Å². The summed E-state index contributed by atoms with van der Waals surface area (Å²) in [7, 11) is -3.30. The number of nitrogens with one attached hydrogen (secondary N) is 1. The summed E-state index contributed by atoms with van der Waals surface area (Å²) in [4.78, 5) is 26.1. The van der Waals surface area contributed by atoms with Gasteiger partial charge in [-0.25, -0.2) is 13.4 Å². The van der Waals surface area contributed by atoms with E-state index in [0.29, 0.717) is 43.5 Å². The summed E-state index contributed by atoms with van der Waals surface area (Å²) < 4.78 is 36.5. The number of ether oxygens (including phenoxy) is 2. The highest BCUT2D eigenvalue weighted by Gasteiger charge is 2.25. The molecule has 0 bridgehead atoms. The van der Waals surface area contributed by atoms with E-state index in [1.54, 1.807) is 42.9 Å². The molecule has 2 saturated heterocycles. The van der Waals surface area contributed by atoms with Crippen LogP contribution in [0.4, 0.5) is 5.82 Å². The highest BCUT2D eigenvalue weighted by molar-refractivity contribution is 7.90. The zero-order valence-corrected chi connectivity index (χ0v) is 20.3. The van der Waals surface area contributed by atoms with Crippen molar-refractivity contribution in [3.05, 3.63) is 42.9 Å². The van der Waals surface area contributed by atoms with Gasteiger partial charge in [-0.1, -0.05) is 12.1 Å². The second-order valence-corrected chi connectivity index (χ2v) is 10.6. The van der Waals surface area contributed by atoms with Crippen LogP contribution in [0, 0.1) is 0 Å². The number of carbonyl (C=O) groups excluding carboxylic acids is 1. The third kappa shape index (κ3) is 5.30. The van der Waals surface area contributed by atoms with E-state index in [4.69, 9.17) is 9.47 Å². The molecule has 5 rings (SSSR count). The molecule has 3 aromatic rings. The van der Waals surface area contributed by atoms with Crippen LogP contribution in [-0.4, -0.2) is 104 Å². The van der Waals surface area contributed by atoms with Gasteiger partial charge in [-0.15, -0.1) is 0 Å². The van der Waals surface area contributed by atoms with Crippen LogP contribution in [0.1, 0.15) is 0 Å². The van der Waals surface area contributed by atoms with Crippen LogP contribution in [0.5, 0.6) is 0 Å². The normalized spacial score (nSPS) is 17.8. The lowest BCUT2D eigenvalue weighted by molar-refractivity contribution is -0.131. The molecule has 1 amide bonds. The molecule has 4 heterocycles. The summed E-state index contributed by atoms with van der Waals surface area (Å²) >= 11 is 0. The quantitative estimate of drug-likeness (QED) is 0.501. The molecular weight excluding hydrogens is 472 g/mol. The smallest absolute Gasteiger partial charge is 0.242 e. The van der Waals surface area contributed by atoms with Gasteiger partial charge in [0.25, 0.3) is 0 Å². The van der Waals surface area contributed by atoms with Crippen molar-refractivity contribution >= 4 is 27.2 Å². The van der Waals surface area contributed by atoms with Gasteiger partial charge in [0.1, 0.15) is 11.5 Å². The van der Waals surface area contributed by atoms with Gasteiger partial charge in [0, 0.05) is 56.9 Å². The summed E-state index contributed by atoms with van der Waals surface area (Å²) in [5.74, 6) is 0.650. The fraction of sp³-hybridized carbons (Fsp3) is 0.435. The lowest BCUT2D eigenvalue weighted by Gasteiger charge is -2.35. The fourth-order valence-corrected chi connectivity index (χ4v) is 4.94. The van der Waals surface area contributed by atoms with E-state index in [2.05, 4.69) is 20.2 Å². The monoisotopic (exact) mass is 500 g/mol. The largest absolute Gasteiger partial charge is 0.360 e. The highest BCUT2D eigenvalue weighted by Crippen LogP contribution is 2.29. The van der Waals surface area contributed by atoms with Gasteiger partial charge in [0.05, 0.1) is 30.9 Å². The zero-order valence-electron chi connectivity index (χ0n) is 19.5. The van der Waals surface area contributed by atoms with E-state index >= 15 is 0 Å². The number of hydrogen-bond acceptors (Lipinski definition) is 9. The average molecular weight is 501 g/mol. The first kappa shape index (κ1) is 23.7. The third-order valence-electron chi connectivity index (χ3n) is 6.22. The van der Waals surface area contributed by atoms with E-state index in [1.165, 1.54) is 6.26 Å². The predicted octanol–water partition coefficient (Wildman–Crippen LogP) is 0.729. The molecule has 11 nitrogen and oxygen atoms in total. The Kier molecular flexibility index (Phi) is 6.69. The van der Waals surface area contributed by atoms with Gasteiger partial charge >= 0.3 is 0 Å². The minimum atomic E-state index is -3.30. The molecule has 0 aliphatic carbocycles. The van der Waals surface area contributed by atoms with E-state index in [1.807, 2.05) is 9.30 Å². The number of sulfone groups is 1. The van der Waals surface area contributed by atoms with Gasteiger partial charge in [0.2, 0.25) is 5.91 Å². The van der Waals surface area contributed by atoms with E-state index in [-0.39, 0.29) is 23.6 Å². The Labute approximate surface area is 203 Å². The summed E-state index contributed by atoms with van der Waals surface area (Å²) in [5.41, 5.74) is 1.97. The van der Waals surface area contributed by atoms with Crippen molar-refractivity contribution in [2.75, 3.05) is 64.1 Å². The van der Waals surface area contributed by atoms with Crippen LogP contribution in [-0.2, 0) is 24.1 Å². The summed E-state index contributed by atoms with van der Waals surface area (Å²) in [5, 5.41) is 3.26. The van der Waals surface area contributed by atoms with Crippen LogP contribution >= 0.6 is 0 Å². The minimum absolute atomic E-state index is 0.000367. The number of carbonyl (C=O) groups is 1. The zero-order chi connectivity index (χ0) is 24.4. The standard InChI is InChI=1S/C23H28N6O5S/c1-35(31,32)18-4-2-17(3-5-18)22-23(29-7-6-24-14-19(29)26-22)25-15-20(30)28-10-8-27(9-11-28)16-21-33-12-13-34-21/h2-7,14,21,25H,8-13,15-16H2,1H3. The van der Waals surface area contributed by atoms with Crippen molar-refractivity contribution in [1.29, 1.82) is 0 Å². The van der Waals surface area contributed by atoms with Crippen molar-refractivity contribution in [3.63, 3.8) is 0 Å². The Hall–Kier alpha value is -3.06. The topological polar surface area (TPSA) is 118 Å². The van der Waals surface area contributed by atoms with Crippen LogP contribution < -0.4 is 5.32 Å². The van der Waals surface area contributed by atoms with E-state index in [0.717, 1.165) is 25.2 Å². The average Bonchev–Trinajstić information content (AvgIpc) is 3.50. The molecular formula is C23H28N6O5S. The molecule has 2 aromatic heterocycles. The van der Waals surface area contributed by atoms with E-state index < -0.39 is 9.84 Å². The van der Waals surface area contributed by atoms with Crippen molar-refractivity contribution in [3.8, 4) is 11.3 Å². The summed E-state index contributed by atoms with van der Waals surface area (Å²) in [6.45, 7) is 4.93. The number of aromatic nitrogens is 3. The lowest BCUT2D eigenvalue weighted by Crippen LogP contribution is -2.51. The number of nitrogens with zero attached hydrogens (tertiary/aromatic N) is 5. The van der Waals surface area contributed by atoms with Gasteiger partial charge < -0.3 is 19.7 Å². The molecule has 2 aliphatic heterocycles. The first-order valence-corrected chi connectivity index (χ1v) is 13.4. The second-order valence-electron chi connectivity index (χ2n) is 8.62. The molecule has 35 heavy (non-hydrogen) atoms. The number of amides is 1. The minimum Gasteiger partial charge on any atom is -0.360 e. The predicted molar refractivity (Wildman–Crippen MR) is 129 cm³/mol. The molecule has 186 valence electrons. The Bertz CT molecular complexity index is 1300. The van der Waals surface area contributed by atoms with Crippen LogP contribution in [0.15, 0.2) is 47.8 Å². The number of benzene rings is 1. The molecule has 0 unspecified atom stereocenters. The van der Waals surface area contributed by atoms with Crippen LogP contribution in [0.2, 0.25) is 0 Å². The first-order chi connectivity index (χ1) is 16.9. The Morgan fingerprint density at radius 2 is 1.83 bits per heavy atom.